The summed E-state index contributed by atoms with van der Waals surface area (Å²) in [5.74, 6) is -2.06. The summed E-state index contributed by atoms with van der Waals surface area (Å²) in [7, 11) is -4.13. The van der Waals surface area contributed by atoms with Gasteiger partial charge < -0.3 is 15.5 Å². The maximum absolute atomic E-state index is 12.1. The van der Waals surface area contributed by atoms with Gasteiger partial charge in [-0.25, -0.2) is 0 Å². The van der Waals surface area contributed by atoms with E-state index in [9.17, 15) is 28.2 Å². The molecular weight excluding hydrogens is 374 g/mol. The fraction of sp³-hybridized carbons (Fsp3) is 0.778. The van der Waals surface area contributed by atoms with E-state index >= 15 is 0 Å². The molecule has 0 radical (unpaired) electrons. The molecule has 0 heterocycles. The minimum absolute atomic E-state index is 0.0119. The normalized spacial score (nSPS) is 24.4. The highest BCUT2D eigenvalue weighted by Crippen LogP contribution is 2.33. The number of ketones is 1. The lowest BCUT2D eigenvalue weighted by atomic mass is 9.89. The minimum Gasteiger partial charge on any atom is -0.392 e. The fourth-order valence-corrected chi connectivity index (χ4v) is 3.60. The molecule has 27 heavy (non-hydrogen) atoms. The van der Waals surface area contributed by atoms with Gasteiger partial charge in [-0.3, -0.25) is 14.1 Å². The van der Waals surface area contributed by atoms with Crippen LogP contribution in [0.15, 0.2) is 12.2 Å². The Hall–Kier alpha value is -1.29. The number of amides is 1. The second-order valence-electron chi connectivity index (χ2n) is 7.04. The first-order valence-electron chi connectivity index (χ1n) is 9.43. The SMILES string of the molecule is CCCCC[C@H](O)/C=C/[C@H]1[C@H](O)CC(=O)[C@@H]1CCC(=O)NCCS(=O)(=O)O. The number of rotatable bonds is 12. The first-order chi connectivity index (χ1) is 12.6. The monoisotopic (exact) mass is 405 g/mol. The third-order valence-corrected chi connectivity index (χ3v) is 5.48. The smallest absolute Gasteiger partial charge is 0.266 e. The van der Waals surface area contributed by atoms with E-state index in [1.807, 2.05) is 0 Å². The topological polar surface area (TPSA) is 141 Å². The third-order valence-electron chi connectivity index (χ3n) is 4.76. The second-order valence-corrected chi connectivity index (χ2v) is 8.62. The van der Waals surface area contributed by atoms with Crippen LogP contribution in [0.1, 0.15) is 51.9 Å². The van der Waals surface area contributed by atoms with Crippen molar-refractivity contribution in [3.63, 3.8) is 0 Å². The molecule has 9 heteroatoms. The fourth-order valence-electron chi connectivity index (χ4n) is 3.24. The average Bonchev–Trinajstić information content (AvgIpc) is 2.83. The van der Waals surface area contributed by atoms with Crippen molar-refractivity contribution in [1.82, 2.24) is 5.32 Å². The Morgan fingerprint density at radius 2 is 2.07 bits per heavy atom. The van der Waals surface area contributed by atoms with Crippen molar-refractivity contribution in [2.45, 2.75) is 64.1 Å². The van der Waals surface area contributed by atoms with Gasteiger partial charge in [-0.05, 0) is 12.8 Å². The van der Waals surface area contributed by atoms with Gasteiger partial charge in [-0.15, -0.1) is 0 Å². The van der Waals surface area contributed by atoms with Gasteiger partial charge in [0.05, 0.1) is 18.0 Å². The van der Waals surface area contributed by atoms with Crippen molar-refractivity contribution in [3.8, 4) is 0 Å². The lowest BCUT2D eigenvalue weighted by Gasteiger charge is -2.18. The highest BCUT2D eigenvalue weighted by molar-refractivity contribution is 7.85. The van der Waals surface area contributed by atoms with E-state index in [0.29, 0.717) is 6.42 Å². The van der Waals surface area contributed by atoms with Crippen LogP contribution in [0.4, 0.5) is 0 Å². The first-order valence-corrected chi connectivity index (χ1v) is 11.0. The number of Topliss-reactive ketones (excluding diaryl/α,β-unsaturated/α-hetero) is 1. The molecule has 1 rings (SSSR count). The number of carbonyl (C=O) groups is 2. The van der Waals surface area contributed by atoms with Gasteiger partial charge in [-0.2, -0.15) is 8.42 Å². The number of hydrogen-bond donors (Lipinski definition) is 4. The van der Waals surface area contributed by atoms with Crippen LogP contribution in [0, 0.1) is 11.8 Å². The van der Waals surface area contributed by atoms with Crippen LogP contribution in [0.3, 0.4) is 0 Å². The van der Waals surface area contributed by atoms with Crippen LogP contribution in [-0.2, 0) is 19.7 Å². The molecule has 0 aliphatic heterocycles. The molecule has 0 saturated heterocycles. The molecule has 156 valence electrons. The van der Waals surface area contributed by atoms with E-state index in [1.54, 1.807) is 12.2 Å². The zero-order chi connectivity index (χ0) is 20.4. The van der Waals surface area contributed by atoms with Gasteiger partial charge in [0.25, 0.3) is 10.1 Å². The van der Waals surface area contributed by atoms with Gasteiger partial charge in [0.1, 0.15) is 5.78 Å². The summed E-state index contributed by atoms with van der Waals surface area (Å²) in [6.45, 7) is 1.87. The lowest BCUT2D eigenvalue weighted by Crippen LogP contribution is -2.30. The quantitative estimate of drug-likeness (QED) is 0.214. The maximum Gasteiger partial charge on any atom is 0.266 e. The van der Waals surface area contributed by atoms with E-state index < -0.39 is 45.8 Å². The predicted molar refractivity (Wildman–Crippen MR) is 101 cm³/mol. The molecule has 1 amide bonds. The number of unbranched alkanes of at least 4 members (excludes halogenated alkanes) is 2. The number of nitrogens with one attached hydrogen (secondary N) is 1. The third kappa shape index (κ3) is 9.46. The molecule has 1 aliphatic rings. The Bertz CT molecular complexity index is 617. The van der Waals surface area contributed by atoms with Crippen LogP contribution in [-0.4, -0.2) is 59.4 Å². The molecular formula is C18H31NO7S. The van der Waals surface area contributed by atoms with Crippen LogP contribution in [0.2, 0.25) is 0 Å². The number of aliphatic hydroxyl groups excluding tert-OH is 2. The Balaban J connectivity index is 2.51. The van der Waals surface area contributed by atoms with Crippen LogP contribution in [0.5, 0.6) is 0 Å². The zero-order valence-corrected chi connectivity index (χ0v) is 16.5. The lowest BCUT2D eigenvalue weighted by molar-refractivity contribution is -0.123. The van der Waals surface area contributed by atoms with Crippen LogP contribution < -0.4 is 5.32 Å². The molecule has 8 nitrogen and oxygen atoms in total. The van der Waals surface area contributed by atoms with Gasteiger partial charge in [0.2, 0.25) is 5.91 Å². The Labute approximate surface area is 160 Å². The largest absolute Gasteiger partial charge is 0.392 e. The molecule has 1 fully saturated rings. The molecule has 1 saturated carbocycles. The first kappa shape index (κ1) is 23.7. The maximum atomic E-state index is 12.1. The van der Waals surface area contributed by atoms with E-state index in [-0.39, 0.29) is 31.6 Å². The van der Waals surface area contributed by atoms with Crippen molar-refractivity contribution in [2.75, 3.05) is 12.3 Å². The predicted octanol–water partition coefficient (Wildman–Crippen LogP) is 0.834. The molecule has 0 aromatic carbocycles. The molecule has 0 spiro atoms. The molecule has 1 aliphatic carbocycles. The van der Waals surface area contributed by atoms with Gasteiger partial charge in [0.15, 0.2) is 0 Å². The van der Waals surface area contributed by atoms with E-state index in [0.717, 1.165) is 19.3 Å². The van der Waals surface area contributed by atoms with Crippen molar-refractivity contribution < 1.29 is 32.8 Å². The van der Waals surface area contributed by atoms with E-state index in [1.165, 1.54) is 0 Å². The summed E-state index contributed by atoms with van der Waals surface area (Å²) in [4.78, 5) is 23.9. The Morgan fingerprint density at radius 1 is 1.37 bits per heavy atom. The van der Waals surface area contributed by atoms with Crippen molar-refractivity contribution >= 4 is 21.8 Å². The van der Waals surface area contributed by atoms with Crippen LogP contribution in [0.25, 0.3) is 0 Å². The zero-order valence-electron chi connectivity index (χ0n) is 15.7. The molecule has 4 N–H and O–H groups in total. The highest BCUT2D eigenvalue weighted by atomic mass is 32.2. The number of carbonyl (C=O) groups excluding carboxylic acids is 2. The van der Waals surface area contributed by atoms with Crippen molar-refractivity contribution in [2.24, 2.45) is 11.8 Å². The summed E-state index contributed by atoms with van der Waals surface area (Å²) < 4.78 is 29.9. The van der Waals surface area contributed by atoms with E-state index in [2.05, 4.69) is 12.2 Å². The Morgan fingerprint density at radius 3 is 2.70 bits per heavy atom. The Kier molecular flexibility index (Phi) is 10.1. The van der Waals surface area contributed by atoms with E-state index in [4.69, 9.17) is 4.55 Å². The second kappa shape index (κ2) is 11.5. The van der Waals surface area contributed by atoms with Crippen molar-refractivity contribution in [3.05, 3.63) is 12.2 Å². The molecule has 0 unspecified atom stereocenters. The molecule has 0 aromatic heterocycles. The molecule has 0 bridgehead atoms. The number of aliphatic hydroxyl groups is 2. The summed E-state index contributed by atoms with van der Waals surface area (Å²) in [5, 5.41) is 22.4. The molecule has 4 atom stereocenters. The van der Waals surface area contributed by atoms with Gasteiger partial charge >= 0.3 is 0 Å². The summed E-state index contributed by atoms with van der Waals surface area (Å²) in [5.41, 5.74) is 0. The number of hydrogen-bond acceptors (Lipinski definition) is 6. The summed E-state index contributed by atoms with van der Waals surface area (Å²) in [6.07, 6.45) is 5.72. The highest BCUT2D eigenvalue weighted by Gasteiger charge is 2.39. The van der Waals surface area contributed by atoms with Crippen LogP contribution >= 0.6 is 0 Å². The van der Waals surface area contributed by atoms with Gasteiger partial charge in [-0.1, -0.05) is 38.3 Å². The average molecular weight is 406 g/mol. The summed E-state index contributed by atoms with van der Waals surface area (Å²) in [6, 6.07) is 0. The summed E-state index contributed by atoms with van der Waals surface area (Å²) >= 11 is 0. The molecule has 0 aromatic rings. The van der Waals surface area contributed by atoms with Gasteiger partial charge in [0, 0.05) is 31.2 Å². The minimum atomic E-state index is -4.13. The van der Waals surface area contributed by atoms with Crippen molar-refractivity contribution in [1.29, 1.82) is 0 Å². The standard InChI is InChI=1S/C18H31NO7S/c1-2-3-4-5-13(20)6-7-14-15(17(22)12-16(14)21)8-9-18(23)19-10-11-27(24,25)26/h6-7,13-16,20-21H,2-5,8-12H2,1H3,(H,19,23)(H,24,25,26)/b7-6+/t13-,14+,15+,16+/m0/s1.